The van der Waals surface area contributed by atoms with Crippen LogP contribution in [0.5, 0.6) is 0 Å². The molecule has 0 unspecified atom stereocenters. The van der Waals surface area contributed by atoms with Crippen LogP contribution in [0.1, 0.15) is 46.6 Å². The van der Waals surface area contributed by atoms with Crippen LogP contribution < -0.4 is 5.32 Å². The third-order valence-electron chi connectivity index (χ3n) is 6.02. The summed E-state index contributed by atoms with van der Waals surface area (Å²) >= 11 is 6.39. The van der Waals surface area contributed by atoms with Gasteiger partial charge in [0.2, 0.25) is 0 Å². The summed E-state index contributed by atoms with van der Waals surface area (Å²) in [6, 6.07) is 14.3. The van der Waals surface area contributed by atoms with Crippen LogP contribution in [0.2, 0.25) is 5.02 Å². The Balaban J connectivity index is 1.69. The third-order valence-corrected chi connectivity index (χ3v) is 6.24. The van der Waals surface area contributed by atoms with Gasteiger partial charge in [-0.1, -0.05) is 50.6 Å². The normalized spacial score (nSPS) is 12.5. The Labute approximate surface area is 215 Å². The largest absolute Gasteiger partial charge is 0.364 e. The van der Waals surface area contributed by atoms with Gasteiger partial charge in [-0.25, -0.2) is 19.0 Å². The van der Waals surface area contributed by atoms with Gasteiger partial charge in [-0.3, -0.25) is 4.40 Å². The zero-order valence-electron chi connectivity index (χ0n) is 21.2. The van der Waals surface area contributed by atoms with Crippen molar-refractivity contribution in [2.24, 2.45) is 5.41 Å². The molecule has 0 amide bonds. The lowest BCUT2D eigenvalue weighted by molar-refractivity contribution is 0.302. The molecule has 5 aromatic rings. The van der Waals surface area contributed by atoms with Crippen LogP contribution >= 0.6 is 11.6 Å². The molecule has 0 spiro atoms. The molecule has 186 valence electrons. The number of halogens is 2. The summed E-state index contributed by atoms with van der Waals surface area (Å²) in [6.45, 7) is 11.3. The molecule has 4 heterocycles. The molecule has 36 heavy (non-hydrogen) atoms. The highest BCUT2D eigenvalue weighted by molar-refractivity contribution is 6.30. The molecule has 0 aliphatic carbocycles. The molecular weight excluding hydrogens is 475 g/mol. The highest BCUT2D eigenvalue weighted by Gasteiger charge is 2.29. The number of rotatable bonds is 6. The molecular formula is C28H30ClFN6. The fourth-order valence-corrected chi connectivity index (χ4v) is 5.24. The molecule has 0 aliphatic rings. The molecule has 0 atom stereocenters. The zero-order valence-corrected chi connectivity index (χ0v) is 21.9. The third kappa shape index (κ3) is 4.80. The van der Waals surface area contributed by atoms with E-state index in [0.29, 0.717) is 27.6 Å². The van der Waals surface area contributed by atoms with Gasteiger partial charge >= 0.3 is 0 Å². The second-order valence-corrected chi connectivity index (χ2v) is 11.5. The minimum atomic E-state index is -0.271. The van der Waals surface area contributed by atoms with Gasteiger partial charge in [-0.2, -0.15) is 5.10 Å². The summed E-state index contributed by atoms with van der Waals surface area (Å²) in [6.07, 6.45) is 4.51. The lowest BCUT2D eigenvalue weighted by Gasteiger charge is -2.34. The number of pyridine rings is 2. The Morgan fingerprint density at radius 2 is 1.75 bits per heavy atom. The second-order valence-electron chi connectivity index (χ2n) is 11.1. The van der Waals surface area contributed by atoms with Crippen molar-refractivity contribution in [3.8, 4) is 11.4 Å². The van der Waals surface area contributed by atoms with Crippen molar-refractivity contribution in [3.63, 3.8) is 0 Å². The van der Waals surface area contributed by atoms with Crippen LogP contribution in [-0.4, -0.2) is 29.7 Å². The van der Waals surface area contributed by atoms with Gasteiger partial charge in [0.25, 0.3) is 0 Å². The molecule has 8 heteroatoms. The van der Waals surface area contributed by atoms with E-state index in [1.54, 1.807) is 23.0 Å². The number of nitrogens with zero attached hydrogens (tertiary/aromatic N) is 5. The molecule has 0 aliphatic heterocycles. The Bertz CT molecular complexity index is 1560. The average Bonchev–Trinajstić information content (AvgIpc) is 3.32. The van der Waals surface area contributed by atoms with Gasteiger partial charge in [0.15, 0.2) is 5.65 Å². The van der Waals surface area contributed by atoms with E-state index >= 15 is 0 Å². The number of aromatic nitrogens is 5. The predicted octanol–water partition coefficient (Wildman–Crippen LogP) is 7.21. The van der Waals surface area contributed by atoms with Crippen LogP contribution in [0.15, 0.2) is 60.9 Å². The summed E-state index contributed by atoms with van der Waals surface area (Å²) < 4.78 is 18.2. The molecule has 0 saturated heterocycles. The van der Waals surface area contributed by atoms with E-state index in [1.807, 2.05) is 40.9 Å². The van der Waals surface area contributed by atoms with Gasteiger partial charge < -0.3 is 5.32 Å². The van der Waals surface area contributed by atoms with E-state index in [1.165, 1.54) is 6.07 Å². The molecule has 1 aromatic carbocycles. The van der Waals surface area contributed by atoms with Crippen molar-refractivity contribution in [2.45, 2.75) is 53.1 Å². The average molecular weight is 505 g/mol. The first-order chi connectivity index (χ1) is 17.0. The number of nitrogens with one attached hydrogen (secondary N) is 1. The smallest absolute Gasteiger partial charge is 0.158 e. The highest BCUT2D eigenvalue weighted by atomic mass is 35.5. The van der Waals surface area contributed by atoms with Crippen LogP contribution in [-0.2, 0) is 6.54 Å². The van der Waals surface area contributed by atoms with Crippen LogP contribution in [0.4, 0.5) is 10.2 Å². The summed E-state index contributed by atoms with van der Waals surface area (Å²) in [5, 5.41) is 10.1. The molecule has 1 N–H and O–H groups in total. The number of benzene rings is 1. The zero-order chi connectivity index (χ0) is 25.7. The van der Waals surface area contributed by atoms with Crippen molar-refractivity contribution in [2.75, 3.05) is 5.32 Å². The topological polar surface area (TPSA) is 60.0 Å². The summed E-state index contributed by atoms with van der Waals surface area (Å²) in [5.74, 6) is 0.537. The standard InChI is InChI=1S/C28H30ClFN6/c1-27(2,3)17-28(4,5)33-26-24(32-22-13-12-19(29)16-35(22)26)23-20-10-8-14-31-25(20)36(34-23)15-18-9-6-7-11-21(18)30/h6-14,16,33H,15,17H2,1-5H3. The van der Waals surface area contributed by atoms with Crippen molar-refractivity contribution >= 4 is 34.1 Å². The van der Waals surface area contributed by atoms with E-state index in [9.17, 15) is 4.39 Å². The Kier molecular flexibility index (Phi) is 5.99. The SMILES string of the molecule is CC(C)(C)CC(C)(C)Nc1c(-c2nn(Cc3ccccc3F)c3ncccc23)nc2ccc(Cl)cn12. The summed E-state index contributed by atoms with van der Waals surface area (Å²) in [7, 11) is 0. The molecule has 5 rings (SSSR count). The predicted molar refractivity (Wildman–Crippen MR) is 144 cm³/mol. The van der Waals surface area contributed by atoms with Gasteiger partial charge in [0, 0.05) is 28.9 Å². The fourth-order valence-electron chi connectivity index (χ4n) is 5.08. The van der Waals surface area contributed by atoms with Gasteiger partial charge in [-0.05, 0) is 56.0 Å². The quantitative estimate of drug-likeness (QED) is 0.265. The van der Waals surface area contributed by atoms with E-state index < -0.39 is 0 Å². The number of imidazole rings is 1. The summed E-state index contributed by atoms with van der Waals surface area (Å²) in [4.78, 5) is 9.53. The Hall–Kier alpha value is -3.45. The molecule has 0 bridgehead atoms. The maximum absolute atomic E-state index is 14.5. The Morgan fingerprint density at radius 3 is 2.50 bits per heavy atom. The highest BCUT2D eigenvalue weighted by Crippen LogP contribution is 2.37. The van der Waals surface area contributed by atoms with E-state index in [4.69, 9.17) is 21.7 Å². The van der Waals surface area contributed by atoms with Gasteiger partial charge in [-0.15, -0.1) is 0 Å². The van der Waals surface area contributed by atoms with Crippen molar-refractivity contribution in [1.29, 1.82) is 0 Å². The van der Waals surface area contributed by atoms with Crippen molar-refractivity contribution in [1.82, 2.24) is 24.1 Å². The maximum Gasteiger partial charge on any atom is 0.158 e. The van der Waals surface area contributed by atoms with E-state index in [2.05, 4.69) is 44.9 Å². The van der Waals surface area contributed by atoms with Crippen molar-refractivity contribution < 1.29 is 4.39 Å². The van der Waals surface area contributed by atoms with Crippen molar-refractivity contribution in [3.05, 3.63) is 77.3 Å². The van der Waals surface area contributed by atoms with E-state index in [0.717, 1.165) is 23.3 Å². The fraction of sp³-hybridized carbons (Fsp3) is 0.321. The van der Waals surface area contributed by atoms with Crippen LogP contribution in [0, 0.1) is 11.2 Å². The first-order valence-corrected chi connectivity index (χ1v) is 12.4. The number of fused-ring (bicyclic) bond motifs is 2. The molecule has 0 saturated carbocycles. The molecule has 0 radical (unpaired) electrons. The minimum Gasteiger partial charge on any atom is -0.364 e. The van der Waals surface area contributed by atoms with Gasteiger partial charge in [0.1, 0.15) is 28.7 Å². The second kappa shape index (κ2) is 8.89. The number of hydrogen-bond acceptors (Lipinski definition) is 4. The first-order valence-electron chi connectivity index (χ1n) is 12.0. The molecule has 6 nitrogen and oxygen atoms in total. The number of hydrogen-bond donors (Lipinski definition) is 1. The van der Waals surface area contributed by atoms with E-state index in [-0.39, 0.29) is 23.3 Å². The Morgan fingerprint density at radius 1 is 0.972 bits per heavy atom. The summed E-state index contributed by atoms with van der Waals surface area (Å²) in [5.41, 5.74) is 3.23. The maximum atomic E-state index is 14.5. The first kappa shape index (κ1) is 24.3. The lowest BCUT2D eigenvalue weighted by atomic mass is 9.82. The van der Waals surface area contributed by atoms with Crippen LogP contribution in [0.3, 0.4) is 0 Å². The number of anilines is 1. The van der Waals surface area contributed by atoms with Crippen LogP contribution in [0.25, 0.3) is 28.1 Å². The monoisotopic (exact) mass is 504 g/mol. The minimum absolute atomic E-state index is 0.118. The molecule has 4 aromatic heterocycles. The lowest BCUT2D eigenvalue weighted by Crippen LogP contribution is -2.36. The van der Waals surface area contributed by atoms with Gasteiger partial charge in [0.05, 0.1) is 11.6 Å². The molecule has 0 fully saturated rings.